The third kappa shape index (κ3) is 4.27. The number of alkyl halides is 2. The Bertz CT molecular complexity index is 1060. The zero-order valence-corrected chi connectivity index (χ0v) is 17.2. The number of fused-ring (bicyclic) bond motifs is 2. The van der Waals surface area contributed by atoms with Crippen LogP contribution in [0.4, 0.5) is 8.78 Å². The summed E-state index contributed by atoms with van der Waals surface area (Å²) >= 11 is 5.78. The minimum absolute atomic E-state index is 0.138. The lowest BCUT2D eigenvalue weighted by Gasteiger charge is -2.06. The van der Waals surface area contributed by atoms with E-state index in [-0.39, 0.29) is 5.28 Å². The van der Waals surface area contributed by atoms with Crippen molar-refractivity contribution in [1.82, 2.24) is 29.1 Å². The predicted octanol–water partition coefficient (Wildman–Crippen LogP) is 5.42. The van der Waals surface area contributed by atoms with Crippen molar-refractivity contribution in [2.75, 3.05) is 0 Å². The average molecular weight is 409 g/mol. The molecule has 0 unspecified atom stereocenters. The lowest BCUT2D eigenvalue weighted by atomic mass is 10.2. The number of aryl methyl sites for hydroxylation is 1. The minimum atomic E-state index is -2.47. The second kappa shape index (κ2) is 9.54. The van der Waals surface area contributed by atoms with Crippen molar-refractivity contribution >= 4 is 28.3 Å². The number of aromatic nitrogens is 6. The van der Waals surface area contributed by atoms with Crippen LogP contribution in [0.1, 0.15) is 33.5 Å². The highest BCUT2D eigenvalue weighted by atomic mass is 35.5. The second-order valence-corrected chi connectivity index (χ2v) is 5.62. The molecule has 150 valence electrons. The topological polar surface area (TPSA) is 60.9 Å². The molecule has 0 amide bonds. The molecule has 0 saturated carbocycles. The number of imidazole rings is 1. The molecule has 0 aromatic carbocycles. The Hall–Kier alpha value is -2.61. The van der Waals surface area contributed by atoms with Crippen molar-refractivity contribution in [1.29, 1.82) is 0 Å². The molecular formula is C19H23ClF2N6. The summed E-state index contributed by atoms with van der Waals surface area (Å²) in [6.45, 7) is 9.25. The van der Waals surface area contributed by atoms with Gasteiger partial charge in [0.15, 0.2) is 5.65 Å². The van der Waals surface area contributed by atoms with Crippen LogP contribution in [0.3, 0.4) is 0 Å². The van der Waals surface area contributed by atoms with Crippen LogP contribution in [-0.4, -0.2) is 35.6 Å². The first-order valence-electron chi connectivity index (χ1n) is 9.15. The van der Waals surface area contributed by atoms with Crippen LogP contribution in [0.5, 0.6) is 0 Å². The van der Waals surface area contributed by atoms with Crippen LogP contribution in [0.15, 0.2) is 30.6 Å². The van der Waals surface area contributed by atoms with Gasteiger partial charge >= 0.3 is 0 Å². The van der Waals surface area contributed by atoms with E-state index in [2.05, 4.69) is 20.1 Å². The van der Waals surface area contributed by atoms with Crippen molar-refractivity contribution in [3.05, 3.63) is 41.7 Å². The number of hydrogen-bond acceptors (Lipinski definition) is 4. The third-order valence-corrected chi connectivity index (χ3v) is 3.94. The molecule has 0 fully saturated rings. The molecule has 4 rings (SSSR count). The van der Waals surface area contributed by atoms with Crippen LogP contribution >= 0.6 is 11.6 Å². The number of halogens is 3. The van der Waals surface area contributed by atoms with E-state index in [4.69, 9.17) is 11.6 Å². The van der Waals surface area contributed by atoms with Gasteiger partial charge in [-0.15, -0.1) is 5.10 Å². The quantitative estimate of drug-likeness (QED) is 0.454. The SMILES string of the molecule is CC.CC.Cc1nc2ccc(-c3ccn4nc(Cl)ncc34)nc2n1CC(F)F. The summed E-state index contributed by atoms with van der Waals surface area (Å²) in [4.78, 5) is 12.8. The molecule has 0 radical (unpaired) electrons. The van der Waals surface area contributed by atoms with Crippen molar-refractivity contribution in [3.8, 4) is 11.3 Å². The Kier molecular flexibility index (Phi) is 7.39. The van der Waals surface area contributed by atoms with E-state index >= 15 is 0 Å². The maximum atomic E-state index is 12.8. The maximum absolute atomic E-state index is 12.8. The lowest BCUT2D eigenvalue weighted by Crippen LogP contribution is -2.08. The lowest BCUT2D eigenvalue weighted by molar-refractivity contribution is 0.127. The smallest absolute Gasteiger partial charge is 0.256 e. The van der Waals surface area contributed by atoms with Gasteiger partial charge in [0.2, 0.25) is 5.28 Å². The molecule has 6 nitrogen and oxygen atoms in total. The Balaban J connectivity index is 0.000000660. The molecule has 28 heavy (non-hydrogen) atoms. The molecule has 9 heteroatoms. The van der Waals surface area contributed by atoms with Gasteiger partial charge in [-0.05, 0) is 36.7 Å². The number of pyridine rings is 1. The number of nitrogens with zero attached hydrogens (tertiary/aromatic N) is 6. The van der Waals surface area contributed by atoms with Crippen LogP contribution < -0.4 is 0 Å². The molecule has 0 spiro atoms. The molecule has 0 bridgehead atoms. The van der Waals surface area contributed by atoms with Crippen molar-refractivity contribution < 1.29 is 8.78 Å². The normalized spacial score (nSPS) is 10.6. The molecule has 0 saturated heterocycles. The molecule has 4 aromatic rings. The summed E-state index contributed by atoms with van der Waals surface area (Å²) in [5.74, 6) is 0.506. The number of rotatable bonds is 3. The van der Waals surface area contributed by atoms with Crippen LogP contribution in [0.2, 0.25) is 5.28 Å². The fourth-order valence-corrected chi connectivity index (χ4v) is 2.85. The molecule has 0 aliphatic heterocycles. The van der Waals surface area contributed by atoms with Gasteiger partial charge in [0.05, 0.1) is 24.0 Å². The predicted molar refractivity (Wildman–Crippen MR) is 108 cm³/mol. The zero-order chi connectivity index (χ0) is 20.8. The Morgan fingerprint density at radius 2 is 1.79 bits per heavy atom. The highest BCUT2D eigenvalue weighted by molar-refractivity contribution is 6.28. The molecule has 0 aliphatic rings. The van der Waals surface area contributed by atoms with Gasteiger partial charge in [0.1, 0.15) is 11.3 Å². The maximum Gasteiger partial charge on any atom is 0.256 e. The Morgan fingerprint density at radius 1 is 1.07 bits per heavy atom. The van der Waals surface area contributed by atoms with Gasteiger partial charge in [-0.3, -0.25) is 0 Å². The first-order chi connectivity index (χ1) is 13.5. The first-order valence-corrected chi connectivity index (χ1v) is 9.53. The molecule has 4 heterocycles. The summed E-state index contributed by atoms with van der Waals surface area (Å²) in [7, 11) is 0. The van der Waals surface area contributed by atoms with E-state index in [1.54, 1.807) is 36.0 Å². The summed E-state index contributed by atoms with van der Waals surface area (Å²) in [6, 6.07) is 5.40. The van der Waals surface area contributed by atoms with Crippen LogP contribution in [-0.2, 0) is 6.54 Å². The van der Waals surface area contributed by atoms with Crippen molar-refractivity contribution in [3.63, 3.8) is 0 Å². The van der Waals surface area contributed by atoms with Crippen LogP contribution in [0.25, 0.3) is 27.9 Å². The van der Waals surface area contributed by atoms with Crippen molar-refractivity contribution in [2.24, 2.45) is 0 Å². The highest BCUT2D eigenvalue weighted by Crippen LogP contribution is 2.26. The van der Waals surface area contributed by atoms with Gasteiger partial charge < -0.3 is 4.57 Å². The standard InChI is InChI=1S/C15H11ClF2N6.2C2H6/c1-8-20-11-3-2-10(21-14(11)23(8)7-13(17)18)9-4-5-24-12(9)6-19-15(16)22-24;2*1-2/h2-6,13H,7H2,1H3;2*1-2H3. The largest absolute Gasteiger partial charge is 0.307 e. The van der Waals surface area contributed by atoms with E-state index in [9.17, 15) is 8.78 Å². The van der Waals surface area contributed by atoms with Gasteiger partial charge in [0.25, 0.3) is 6.43 Å². The monoisotopic (exact) mass is 408 g/mol. The Labute approximate surface area is 167 Å². The minimum Gasteiger partial charge on any atom is -0.307 e. The molecule has 4 aromatic heterocycles. The van der Waals surface area contributed by atoms with Gasteiger partial charge in [-0.1, -0.05) is 27.7 Å². The Morgan fingerprint density at radius 3 is 2.46 bits per heavy atom. The van der Waals surface area contributed by atoms with Gasteiger partial charge in [-0.25, -0.2) is 28.2 Å². The third-order valence-electron chi connectivity index (χ3n) is 3.77. The fraction of sp³-hybridized carbons (Fsp3) is 0.368. The van der Waals surface area contributed by atoms with E-state index in [1.165, 1.54) is 4.57 Å². The van der Waals surface area contributed by atoms with Crippen LogP contribution in [0, 0.1) is 6.92 Å². The summed E-state index contributed by atoms with van der Waals surface area (Å²) in [6.07, 6.45) is 0.863. The van der Waals surface area contributed by atoms with E-state index in [1.807, 2.05) is 33.8 Å². The van der Waals surface area contributed by atoms with E-state index < -0.39 is 13.0 Å². The van der Waals surface area contributed by atoms with Crippen molar-refractivity contribution in [2.45, 2.75) is 47.6 Å². The molecule has 0 N–H and O–H groups in total. The molecule has 0 aliphatic carbocycles. The van der Waals surface area contributed by atoms with Gasteiger partial charge in [0, 0.05) is 11.8 Å². The zero-order valence-electron chi connectivity index (χ0n) is 16.5. The first kappa shape index (κ1) is 21.7. The van der Waals surface area contributed by atoms with Gasteiger partial charge in [-0.2, -0.15) is 0 Å². The fourth-order valence-electron chi connectivity index (χ4n) is 2.72. The summed E-state index contributed by atoms with van der Waals surface area (Å²) in [5.41, 5.74) is 3.16. The summed E-state index contributed by atoms with van der Waals surface area (Å²) in [5, 5.41) is 4.21. The molecule has 0 atom stereocenters. The average Bonchev–Trinajstić information content (AvgIpc) is 3.25. The number of hydrogen-bond donors (Lipinski definition) is 0. The van der Waals surface area contributed by atoms with E-state index in [0.29, 0.717) is 22.7 Å². The summed E-state index contributed by atoms with van der Waals surface area (Å²) < 4.78 is 28.7. The molecular weight excluding hydrogens is 386 g/mol. The highest BCUT2D eigenvalue weighted by Gasteiger charge is 2.15. The van der Waals surface area contributed by atoms with E-state index in [0.717, 1.165) is 11.1 Å². The second-order valence-electron chi connectivity index (χ2n) is 5.29.